The summed E-state index contributed by atoms with van der Waals surface area (Å²) in [6.07, 6.45) is 1.69. The number of rotatable bonds is 4. The molecule has 1 atom stereocenters. The van der Waals surface area contributed by atoms with E-state index in [1.54, 1.807) is 42.6 Å². The zero-order chi connectivity index (χ0) is 24.4. The first kappa shape index (κ1) is 22.2. The molecule has 0 radical (unpaired) electrons. The smallest absolute Gasteiger partial charge is 0.323 e. The van der Waals surface area contributed by atoms with Crippen molar-refractivity contribution < 1.29 is 9.59 Å². The maximum Gasteiger partial charge on any atom is 0.323 e. The molecule has 3 aromatic carbocycles. The summed E-state index contributed by atoms with van der Waals surface area (Å²) >= 11 is 0. The van der Waals surface area contributed by atoms with Gasteiger partial charge in [0.1, 0.15) is 6.04 Å². The lowest BCUT2D eigenvalue weighted by molar-refractivity contribution is -0.120. The Kier molecular flexibility index (Phi) is 5.89. The lowest BCUT2D eigenvalue weighted by Crippen LogP contribution is -2.39. The summed E-state index contributed by atoms with van der Waals surface area (Å²) in [6.45, 7) is 2.32. The predicted octanol–water partition coefficient (Wildman–Crippen LogP) is 4.87. The summed E-state index contributed by atoms with van der Waals surface area (Å²) in [6, 6.07) is 26.0. The van der Waals surface area contributed by atoms with E-state index in [-0.39, 0.29) is 17.5 Å². The number of hydrogen-bond donors (Lipinski definition) is 2. The lowest BCUT2D eigenvalue weighted by atomic mass is 10.0. The third-order valence-corrected chi connectivity index (χ3v) is 6.05. The average Bonchev–Trinajstić information content (AvgIpc) is 3.26. The number of anilines is 2. The normalized spacial score (nSPS) is 14.3. The number of urea groups is 1. The topological polar surface area (TPSA) is 83.4 Å². The van der Waals surface area contributed by atoms with E-state index in [1.165, 1.54) is 15.5 Å². The van der Waals surface area contributed by atoms with Gasteiger partial charge in [-0.15, -0.1) is 0 Å². The first-order valence-electron chi connectivity index (χ1n) is 11.3. The van der Waals surface area contributed by atoms with E-state index in [0.29, 0.717) is 23.6 Å². The van der Waals surface area contributed by atoms with Gasteiger partial charge in [-0.1, -0.05) is 48.0 Å². The predicted molar refractivity (Wildman–Crippen MR) is 136 cm³/mol. The molecule has 0 saturated heterocycles. The Morgan fingerprint density at radius 1 is 0.800 bits per heavy atom. The summed E-state index contributed by atoms with van der Waals surface area (Å²) < 4.78 is 1.52. The van der Waals surface area contributed by atoms with Crippen molar-refractivity contribution in [2.45, 2.75) is 19.5 Å². The highest BCUT2D eigenvalue weighted by Gasteiger charge is 2.38. The Hall–Kier alpha value is -4.65. The van der Waals surface area contributed by atoms with Gasteiger partial charge in [0.2, 0.25) is 0 Å². The summed E-state index contributed by atoms with van der Waals surface area (Å²) in [5.74, 6) is -0.307. The molecule has 0 unspecified atom stereocenters. The van der Waals surface area contributed by atoms with E-state index in [4.69, 9.17) is 0 Å². The molecule has 3 amide bonds. The lowest BCUT2D eigenvalue weighted by Gasteiger charge is -2.25. The number of fused-ring (bicyclic) bond motifs is 1. The first-order valence-corrected chi connectivity index (χ1v) is 11.3. The number of carbonyl (C=O) groups is 2. The number of amides is 3. The van der Waals surface area contributed by atoms with Crippen molar-refractivity contribution in [1.82, 2.24) is 9.47 Å². The Labute approximate surface area is 202 Å². The van der Waals surface area contributed by atoms with Gasteiger partial charge in [0, 0.05) is 35.9 Å². The molecule has 2 N–H and O–H groups in total. The number of benzene rings is 3. The molecule has 174 valence electrons. The van der Waals surface area contributed by atoms with Crippen LogP contribution in [-0.4, -0.2) is 21.4 Å². The van der Waals surface area contributed by atoms with Crippen molar-refractivity contribution in [2.24, 2.45) is 0 Å². The Balaban J connectivity index is 1.37. The number of nitrogens with one attached hydrogen (secondary N) is 2. The number of pyridine rings is 1. The minimum atomic E-state index is -0.770. The molecule has 7 heteroatoms. The second-order valence-corrected chi connectivity index (χ2v) is 8.47. The number of carbonyl (C=O) groups excluding carboxylic acids is 2. The van der Waals surface area contributed by atoms with Crippen molar-refractivity contribution in [3.05, 3.63) is 124 Å². The molecule has 0 aliphatic carbocycles. The van der Waals surface area contributed by atoms with E-state index in [0.717, 1.165) is 16.7 Å². The van der Waals surface area contributed by atoms with Crippen LogP contribution in [0.2, 0.25) is 0 Å². The Bertz CT molecular complexity index is 1440. The standard InChI is InChI=1S/C28H24N4O3/c1-19-9-11-22(12-10-19)30-28(35)32-18-20-6-2-3-7-24(20)26(32)27(34)29-21-13-15-23(16-14-21)31-17-5-4-8-25(31)33/h2-17,26H,18H2,1H3,(H,29,34)(H,30,35)/t26-/m1/s1. The monoisotopic (exact) mass is 464 g/mol. The molecule has 1 aliphatic rings. The van der Waals surface area contributed by atoms with Crippen LogP contribution in [0.15, 0.2) is 102 Å². The third-order valence-electron chi connectivity index (χ3n) is 6.05. The first-order chi connectivity index (χ1) is 17.0. The van der Waals surface area contributed by atoms with Crippen molar-refractivity contribution in [3.63, 3.8) is 0 Å². The summed E-state index contributed by atoms with van der Waals surface area (Å²) in [5.41, 5.74) is 4.63. The van der Waals surface area contributed by atoms with Crippen LogP contribution in [0.4, 0.5) is 16.2 Å². The molecule has 7 nitrogen and oxygen atoms in total. The van der Waals surface area contributed by atoms with Gasteiger partial charge in [-0.3, -0.25) is 14.2 Å². The van der Waals surface area contributed by atoms with E-state index in [9.17, 15) is 14.4 Å². The highest BCUT2D eigenvalue weighted by Crippen LogP contribution is 2.35. The maximum atomic E-state index is 13.4. The van der Waals surface area contributed by atoms with Gasteiger partial charge in [0.05, 0.1) is 0 Å². The fourth-order valence-corrected chi connectivity index (χ4v) is 4.25. The van der Waals surface area contributed by atoms with Gasteiger partial charge < -0.3 is 15.5 Å². The van der Waals surface area contributed by atoms with Crippen LogP contribution in [0.25, 0.3) is 5.69 Å². The molecule has 0 spiro atoms. The van der Waals surface area contributed by atoms with Crippen molar-refractivity contribution >= 4 is 23.3 Å². The average molecular weight is 465 g/mol. The Morgan fingerprint density at radius 2 is 1.46 bits per heavy atom. The quantitative estimate of drug-likeness (QED) is 0.452. The molecule has 0 fully saturated rings. The Morgan fingerprint density at radius 3 is 2.20 bits per heavy atom. The van der Waals surface area contributed by atoms with Crippen molar-refractivity contribution in [1.29, 1.82) is 0 Å². The van der Waals surface area contributed by atoms with Gasteiger partial charge in [-0.05, 0) is 60.5 Å². The molecule has 0 bridgehead atoms. The minimum Gasteiger partial charge on any atom is -0.324 e. The molecule has 4 aromatic rings. The zero-order valence-corrected chi connectivity index (χ0v) is 19.1. The molecule has 1 aliphatic heterocycles. The van der Waals surface area contributed by atoms with Crippen LogP contribution in [0.3, 0.4) is 0 Å². The fraction of sp³-hybridized carbons (Fsp3) is 0.107. The zero-order valence-electron chi connectivity index (χ0n) is 19.1. The van der Waals surface area contributed by atoms with E-state index in [1.807, 2.05) is 55.5 Å². The van der Waals surface area contributed by atoms with Gasteiger partial charge in [0.25, 0.3) is 11.5 Å². The summed E-state index contributed by atoms with van der Waals surface area (Å²) in [5, 5.41) is 5.83. The highest BCUT2D eigenvalue weighted by atomic mass is 16.2. The third kappa shape index (κ3) is 4.56. The summed E-state index contributed by atoms with van der Waals surface area (Å²) in [4.78, 5) is 40.2. The van der Waals surface area contributed by atoms with Crippen molar-refractivity contribution in [2.75, 3.05) is 10.6 Å². The largest absolute Gasteiger partial charge is 0.324 e. The van der Waals surface area contributed by atoms with E-state index >= 15 is 0 Å². The second kappa shape index (κ2) is 9.30. The van der Waals surface area contributed by atoms with Crippen LogP contribution in [-0.2, 0) is 11.3 Å². The SMILES string of the molecule is Cc1ccc(NC(=O)N2Cc3ccccc3[C@@H]2C(=O)Nc2ccc(-n3ccccc3=O)cc2)cc1. The molecule has 5 rings (SSSR count). The van der Waals surface area contributed by atoms with E-state index < -0.39 is 6.04 Å². The van der Waals surface area contributed by atoms with Crippen LogP contribution in [0, 0.1) is 6.92 Å². The number of hydrogen-bond acceptors (Lipinski definition) is 3. The maximum absolute atomic E-state index is 13.4. The number of nitrogens with zero attached hydrogens (tertiary/aromatic N) is 2. The van der Waals surface area contributed by atoms with Gasteiger partial charge in [-0.2, -0.15) is 0 Å². The second-order valence-electron chi connectivity index (χ2n) is 8.47. The van der Waals surface area contributed by atoms with Gasteiger partial charge >= 0.3 is 6.03 Å². The molecule has 2 heterocycles. The van der Waals surface area contributed by atoms with Crippen LogP contribution in [0.5, 0.6) is 0 Å². The molecule has 35 heavy (non-hydrogen) atoms. The molecule has 1 aromatic heterocycles. The fourth-order valence-electron chi connectivity index (χ4n) is 4.25. The van der Waals surface area contributed by atoms with Crippen LogP contribution >= 0.6 is 0 Å². The molecular weight excluding hydrogens is 440 g/mol. The highest BCUT2D eigenvalue weighted by molar-refractivity contribution is 6.00. The number of aryl methyl sites for hydroxylation is 1. The molecular formula is C28H24N4O3. The van der Waals surface area contributed by atoms with Gasteiger partial charge in [0.15, 0.2) is 0 Å². The summed E-state index contributed by atoms with van der Waals surface area (Å²) in [7, 11) is 0. The number of aromatic nitrogens is 1. The van der Waals surface area contributed by atoms with Crippen LogP contribution < -0.4 is 16.2 Å². The van der Waals surface area contributed by atoms with Crippen molar-refractivity contribution in [3.8, 4) is 5.69 Å². The van der Waals surface area contributed by atoms with Gasteiger partial charge in [-0.25, -0.2) is 4.79 Å². The molecule has 0 saturated carbocycles. The minimum absolute atomic E-state index is 0.137. The van der Waals surface area contributed by atoms with Crippen LogP contribution in [0.1, 0.15) is 22.7 Å². The van der Waals surface area contributed by atoms with E-state index in [2.05, 4.69) is 10.6 Å².